The number of carbonyl (C=O) groups is 3. The van der Waals surface area contributed by atoms with E-state index in [9.17, 15) is 14.4 Å². The first-order valence-corrected chi connectivity index (χ1v) is 13.5. The number of amidine groups is 1. The van der Waals surface area contributed by atoms with Gasteiger partial charge < -0.3 is 10.1 Å². The molecule has 10 nitrogen and oxygen atoms in total. The van der Waals surface area contributed by atoms with Gasteiger partial charge >= 0.3 is 12.1 Å². The SMILES string of the molecule is CCN1C(=O)C(C)/C(=N\c2ccc(Oc3ccc(NC(=O)NC4CC4)nc3)cc2)N(Cc2ccc(Cl)cc2)C1=O. The van der Waals surface area contributed by atoms with Gasteiger partial charge in [-0.25, -0.2) is 19.6 Å². The van der Waals surface area contributed by atoms with Gasteiger partial charge in [0.05, 0.1) is 24.3 Å². The Morgan fingerprint density at radius 2 is 1.73 bits per heavy atom. The number of aromatic nitrogens is 1. The molecule has 2 aromatic carbocycles. The van der Waals surface area contributed by atoms with Crippen molar-refractivity contribution in [3.8, 4) is 11.5 Å². The summed E-state index contributed by atoms with van der Waals surface area (Å²) in [5.41, 5.74) is 1.44. The zero-order valence-corrected chi connectivity index (χ0v) is 22.9. The minimum absolute atomic E-state index is 0.254. The van der Waals surface area contributed by atoms with Crippen LogP contribution in [0.4, 0.5) is 21.1 Å². The lowest BCUT2D eigenvalue weighted by molar-refractivity contribution is -0.131. The first-order chi connectivity index (χ1) is 19.3. The molecule has 1 saturated heterocycles. The third kappa shape index (κ3) is 6.40. The summed E-state index contributed by atoms with van der Waals surface area (Å²) in [5, 5.41) is 6.14. The molecule has 2 fully saturated rings. The lowest BCUT2D eigenvalue weighted by Crippen LogP contribution is -2.58. The van der Waals surface area contributed by atoms with E-state index in [2.05, 4.69) is 15.6 Å². The van der Waals surface area contributed by atoms with Gasteiger partial charge in [0.2, 0.25) is 5.91 Å². The minimum atomic E-state index is -0.606. The number of aliphatic imine (C=N–C) groups is 1. The molecule has 0 spiro atoms. The van der Waals surface area contributed by atoms with Gasteiger partial charge in [-0.3, -0.25) is 19.9 Å². The van der Waals surface area contributed by atoms with Crippen molar-refractivity contribution in [2.24, 2.45) is 10.9 Å². The Morgan fingerprint density at radius 3 is 2.35 bits per heavy atom. The third-order valence-corrected chi connectivity index (χ3v) is 6.79. The quantitative estimate of drug-likeness (QED) is 0.352. The van der Waals surface area contributed by atoms with Crippen LogP contribution in [0, 0.1) is 5.92 Å². The van der Waals surface area contributed by atoms with Crippen molar-refractivity contribution in [1.29, 1.82) is 0 Å². The van der Waals surface area contributed by atoms with Crippen LogP contribution in [-0.4, -0.2) is 51.2 Å². The van der Waals surface area contributed by atoms with Crippen LogP contribution in [0.2, 0.25) is 5.02 Å². The van der Waals surface area contributed by atoms with Crippen LogP contribution in [0.25, 0.3) is 0 Å². The molecule has 2 N–H and O–H groups in total. The molecule has 1 aliphatic heterocycles. The number of nitrogens with one attached hydrogen (secondary N) is 2. The Hall–Kier alpha value is -4.44. The van der Waals surface area contributed by atoms with Crippen LogP contribution in [0.1, 0.15) is 32.3 Å². The van der Waals surface area contributed by atoms with Crippen LogP contribution in [0.3, 0.4) is 0 Å². The fourth-order valence-electron chi connectivity index (χ4n) is 4.22. The number of amides is 5. The molecule has 1 atom stereocenters. The summed E-state index contributed by atoms with van der Waals surface area (Å²) >= 11 is 6.02. The van der Waals surface area contributed by atoms with Crippen LogP contribution >= 0.6 is 11.6 Å². The summed E-state index contributed by atoms with van der Waals surface area (Å²) in [6.45, 7) is 4.06. The monoisotopic (exact) mass is 560 g/mol. The Kier molecular flexibility index (Phi) is 7.97. The molecule has 1 unspecified atom stereocenters. The Balaban J connectivity index is 1.30. The van der Waals surface area contributed by atoms with E-state index in [1.165, 1.54) is 16.0 Å². The number of hydrogen-bond donors (Lipinski definition) is 2. The number of anilines is 1. The largest absolute Gasteiger partial charge is 0.456 e. The fourth-order valence-corrected chi connectivity index (χ4v) is 4.35. The number of halogens is 1. The highest BCUT2D eigenvalue weighted by molar-refractivity contribution is 6.30. The number of benzene rings is 2. The summed E-state index contributed by atoms with van der Waals surface area (Å²) in [7, 11) is 0. The second kappa shape index (κ2) is 11.7. The van der Waals surface area contributed by atoms with Crippen LogP contribution in [-0.2, 0) is 11.3 Å². The molecule has 3 aromatic rings. The Morgan fingerprint density at radius 1 is 1.02 bits per heavy atom. The van der Waals surface area contributed by atoms with E-state index in [-0.39, 0.29) is 31.1 Å². The van der Waals surface area contributed by atoms with Gasteiger partial charge in [-0.2, -0.15) is 0 Å². The van der Waals surface area contributed by atoms with Gasteiger partial charge in [-0.1, -0.05) is 23.7 Å². The molecule has 0 bridgehead atoms. The molecule has 1 saturated carbocycles. The van der Waals surface area contributed by atoms with Gasteiger partial charge in [-0.05, 0) is 80.8 Å². The van der Waals surface area contributed by atoms with Crippen molar-refractivity contribution < 1.29 is 19.1 Å². The van der Waals surface area contributed by atoms with Crippen molar-refractivity contribution >= 4 is 46.9 Å². The number of hydrogen-bond acceptors (Lipinski definition) is 6. The van der Waals surface area contributed by atoms with Gasteiger partial charge in [0, 0.05) is 17.6 Å². The summed E-state index contributed by atoms with van der Waals surface area (Å²) in [4.78, 5) is 49.8. The molecule has 0 radical (unpaired) electrons. The Bertz CT molecular complexity index is 1420. The van der Waals surface area contributed by atoms with Crippen LogP contribution in [0.5, 0.6) is 11.5 Å². The van der Waals surface area contributed by atoms with E-state index in [4.69, 9.17) is 21.3 Å². The highest BCUT2D eigenvalue weighted by Crippen LogP contribution is 2.28. The second-order valence-electron chi connectivity index (χ2n) is 9.62. The molecule has 2 aliphatic rings. The van der Waals surface area contributed by atoms with Crippen LogP contribution < -0.4 is 15.4 Å². The summed E-state index contributed by atoms with van der Waals surface area (Å²) in [5.74, 6) is 0.961. The molecule has 206 valence electrons. The standard InChI is InChI=1S/C29H29ClN6O4/c1-3-35-27(37)18(2)26(36(29(35)39)17-19-4-6-20(30)7-5-19)32-21-10-12-23(13-11-21)40-24-14-15-25(31-16-24)34-28(38)33-22-8-9-22/h4-7,10-16,18,22H,3,8-9,17H2,1-2H3,(H2,31,33,34,38)/b32-26+. The molecule has 40 heavy (non-hydrogen) atoms. The Labute approximate surface area is 237 Å². The van der Waals surface area contributed by atoms with E-state index in [1.54, 1.807) is 62.4 Å². The van der Waals surface area contributed by atoms with E-state index in [0.717, 1.165) is 18.4 Å². The zero-order valence-electron chi connectivity index (χ0n) is 22.1. The average molecular weight is 561 g/mol. The van der Waals surface area contributed by atoms with Gasteiger partial charge in [0.15, 0.2) is 0 Å². The van der Waals surface area contributed by atoms with Gasteiger partial charge in [0.25, 0.3) is 0 Å². The van der Waals surface area contributed by atoms with Crippen molar-refractivity contribution in [3.05, 3.63) is 77.4 Å². The molecule has 5 rings (SSSR count). The number of rotatable bonds is 8. The first kappa shape index (κ1) is 27.1. The number of urea groups is 2. The predicted molar refractivity (Wildman–Crippen MR) is 152 cm³/mol. The maximum atomic E-state index is 13.2. The van der Waals surface area contributed by atoms with E-state index < -0.39 is 11.9 Å². The van der Waals surface area contributed by atoms with Crippen molar-refractivity contribution in [1.82, 2.24) is 20.1 Å². The zero-order chi connectivity index (χ0) is 28.2. The highest BCUT2D eigenvalue weighted by atomic mass is 35.5. The maximum absolute atomic E-state index is 13.2. The summed E-state index contributed by atoms with van der Waals surface area (Å²) in [6, 6.07) is 17.2. The first-order valence-electron chi connectivity index (χ1n) is 13.1. The number of imide groups is 1. The highest BCUT2D eigenvalue weighted by Gasteiger charge is 2.41. The number of ether oxygens (including phenoxy) is 1. The summed E-state index contributed by atoms with van der Waals surface area (Å²) in [6.07, 6.45) is 3.54. The van der Waals surface area contributed by atoms with Gasteiger partial charge in [-0.15, -0.1) is 0 Å². The number of pyridine rings is 1. The normalized spacial score (nSPS) is 18.2. The number of carbonyl (C=O) groups excluding carboxylic acids is 3. The van der Waals surface area contributed by atoms with Crippen molar-refractivity contribution in [2.75, 3.05) is 11.9 Å². The molecule has 5 amide bonds. The van der Waals surface area contributed by atoms with E-state index in [1.807, 2.05) is 12.1 Å². The minimum Gasteiger partial charge on any atom is -0.456 e. The van der Waals surface area contributed by atoms with E-state index in [0.29, 0.717) is 33.9 Å². The third-order valence-electron chi connectivity index (χ3n) is 6.54. The van der Waals surface area contributed by atoms with Crippen molar-refractivity contribution in [2.45, 2.75) is 39.3 Å². The molecule has 1 aliphatic carbocycles. The maximum Gasteiger partial charge on any atom is 0.332 e. The molecular formula is C29H29ClN6O4. The molecule has 11 heteroatoms. The second-order valence-corrected chi connectivity index (χ2v) is 10.1. The fraction of sp³-hybridized carbons (Fsp3) is 0.276. The smallest absolute Gasteiger partial charge is 0.332 e. The lowest BCUT2D eigenvalue weighted by Gasteiger charge is -2.38. The van der Waals surface area contributed by atoms with Gasteiger partial charge in [0.1, 0.15) is 23.2 Å². The average Bonchev–Trinajstić information content (AvgIpc) is 3.76. The van der Waals surface area contributed by atoms with Crippen molar-refractivity contribution in [3.63, 3.8) is 0 Å². The molecule has 1 aromatic heterocycles. The van der Waals surface area contributed by atoms with E-state index >= 15 is 0 Å². The molecule has 2 heterocycles. The lowest BCUT2D eigenvalue weighted by atomic mass is 10.0. The predicted octanol–water partition coefficient (Wildman–Crippen LogP) is 5.96. The molecular weight excluding hydrogens is 532 g/mol. The topological polar surface area (TPSA) is 116 Å². The van der Waals surface area contributed by atoms with Crippen LogP contribution in [0.15, 0.2) is 71.9 Å². The summed E-state index contributed by atoms with van der Waals surface area (Å²) < 4.78 is 5.88. The number of nitrogens with zero attached hydrogens (tertiary/aromatic N) is 4.